The molecule has 45 heavy (non-hydrogen) atoms. The van der Waals surface area contributed by atoms with Gasteiger partial charge in [-0.25, -0.2) is 15.4 Å². The van der Waals surface area contributed by atoms with Gasteiger partial charge in [-0.3, -0.25) is 9.69 Å². The summed E-state index contributed by atoms with van der Waals surface area (Å²) in [6.45, 7) is 14.0. The Labute approximate surface area is 261 Å². The van der Waals surface area contributed by atoms with Gasteiger partial charge in [-0.1, -0.05) is 24.8 Å². The third-order valence-electron chi connectivity index (χ3n) is 10.8. The second kappa shape index (κ2) is 10.8. The fraction of sp³-hybridized carbons (Fsp3) is 0.486. The lowest BCUT2D eigenvalue weighted by molar-refractivity contribution is -0.128. The molecule has 2 aromatic carbocycles. The van der Waals surface area contributed by atoms with Crippen LogP contribution >= 0.6 is 0 Å². The van der Waals surface area contributed by atoms with Crippen molar-refractivity contribution in [3.8, 4) is 17.1 Å². The summed E-state index contributed by atoms with van der Waals surface area (Å²) in [7, 11) is 0. The standard InChI is InChI=1S/C35H36F2N6O2/c1-3-31(44)43-11-10-41(19-24(43)17-38-2)33-28-14-29(37)27(25-7-4-6-21-12-22-13-26(22)32(21)25)15-30(28)39-34(40-33)45-20-35-8-5-9-42(35)18-23(36)16-35/h3-4,6-7,14-15,22-24,26H,1,5,8-13,16-20H2/t22-,23-,24+,26+,35+/m1/s1. The van der Waals surface area contributed by atoms with Crippen LogP contribution in [0.4, 0.5) is 14.6 Å². The second-order valence-corrected chi connectivity index (χ2v) is 13.4. The number of carbonyl (C=O) groups is 1. The largest absolute Gasteiger partial charge is 0.461 e. The average molecular weight is 611 g/mol. The summed E-state index contributed by atoms with van der Waals surface area (Å²) >= 11 is 0. The molecular formula is C35H36F2N6O2. The Hall–Kier alpha value is -4.10. The van der Waals surface area contributed by atoms with E-state index in [9.17, 15) is 9.18 Å². The van der Waals surface area contributed by atoms with E-state index in [0.29, 0.717) is 66.7 Å². The van der Waals surface area contributed by atoms with Crippen molar-refractivity contribution in [2.24, 2.45) is 5.92 Å². The molecule has 8 rings (SSSR count). The first-order valence-corrected chi connectivity index (χ1v) is 16.0. The van der Waals surface area contributed by atoms with E-state index in [1.54, 1.807) is 4.90 Å². The number of rotatable bonds is 7. The molecule has 3 aliphatic heterocycles. The highest BCUT2D eigenvalue weighted by Gasteiger charge is 2.50. The zero-order valence-electron chi connectivity index (χ0n) is 25.2. The number of amides is 1. The molecule has 1 saturated carbocycles. The van der Waals surface area contributed by atoms with Gasteiger partial charge in [-0.2, -0.15) is 9.97 Å². The summed E-state index contributed by atoms with van der Waals surface area (Å²) in [5, 5.41) is 0.552. The monoisotopic (exact) mass is 610 g/mol. The van der Waals surface area contributed by atoms with Crippen molar-refractivity contribution in [3.05, 3.63) is 71.3 Å². The van der Waals surface area contributed by atoms with Crippen LogP contribution in [-0.4, -0.2) is 89.3 Å². The molecule has 0 bridgehead atoms. The third kappa shape index (κ3) is 4.75. The molecule has 3 aromatic rings. The molecule has 10 heteroatoms. The predicted octanol–water partition coefficient (Wildman–Crippen LogP) is 5.17. The molecule has 232 valence electrons. The molecule has 0 spiro atoms. The van der Waals surface area contributed by atoms with Gasteiger partial charge in [-0.15, -0.1) is 0 Å². The van der Waals surface area contributed by atoms with Crippen LogP contribution in [-0.2, 0) is 11.2 Å². The Morgan fingerprint density at radius 3 is 2.93 bits per heavy atom. The molecule has 1 aromatic heterocycles. The van der Waals surface area contributed by atoms with Crippen LogP contribution in [0.5, 0.6) is 6.01 Å². The van der Waals surface area contributed by atoms with Gasteiger partial charge >= 0.3 is 6.01 Å². The number of fused-ring (bicyclic) bond motifs is 5. The van der Waals surface area contributed by atoms with Gasteiger partial charge in [0.25, 0.3) is 0 Å². The summed E-state index contributed by atoms with van der Waals surface area (Å²) in [5.41, 5.74) is 4.21. The molecule has 0 unspecified atom stereocenters. The van der Waals surface area contributed by atoms with Crippen LogP contribution in [0.1, 0.15) is 42.7 Å². The molecule has 5 atom stereocenters. The maximum absolute atomic E-state index is 16.2. The van der Waals surface area contributed by atoms with Gasteiger partial charge in [0, 0.05) is 43.5 Å². The van der Waals surface area contributed by atoms with Crippen molar-refractivity contribution in [2.45, 2.75) is 55.8 Å². The summed E-state index contributed by atoms with van der Waals surface area (Å²) < 4.78 is 37.0. The SMILES string of the molecule is [C-]#[N+]C[C@H]1CN(c2nc(OC[C@@]34CCCN3C[C@H](F)C4)nc3cc(-c4cccc5c4[C@H]4C[C@H]4C5)c(F)cc23)CCN1C(=O)C=C. The molecule has 1 amide bonds. The number of aromatic nitrogens is 2. The number of nitrogens with zero attached hydrogens (tertiary/aromatic N) is 6. The minimum Gasteiger partial charge on any atom is -0.461 e. The van der Waals surface area contributed by atoms with E-state index in [4.69, 9.17) is 21.3 Å². The Morgan fingerprint density at radius 1 is 1.20 bits per heavy atom. The zero-order valence-corrected chi connectivity index (χ0v) is 25.2. The number of benzene rings is 2. The van der Waals surface area contributed by atoms with E-state index in [2.05, 4.69) is 22.4 Å². The zero-order chi connectivity index (χ0) is 30.9. The normalized spacial score (nSPS) is 28.5. The number of piperazine rings is 1. The molecule has 0 radical (unpaired) electrons. The highest BCUT2D eigenvalue weighted by Crippen LogP contribution is 2.58. The topological polar surface area (TPSA) is 66.2 Å². The second-order valence-electron chi connectivity index (χ2n) is 13.4. The van der Waals surface area contributed by atoms with Gasteiger partial charge in [-0.05, 0) is 79.0 Å². The van der Waals surface area contributed by atoms with Crippen LogP contribution < -0.4 is 9.64 Å². The Balaban J connectivity index is 1.20. The first kappa shape index (κ1) is 28.4. The fourth-order valence-corrected chi connectivity index (χ4v) is 8.56. The maximum Gasteiger partial charge on any atom is 0.319 e. The summed E-state index contributed by atoms with van der Waals surface area (Å²) in [6, 6.07) is 9.32. The van der Waals surface area contributed by atoms with E-state index in [-0.39, 0.29) is 42.5 Å². The number of halogens is 2. The van der Waals surface area contributed by atoms with Crippen molar-refractivity contribution in [3.63, 3.8) is 0 Å². The lowest BCUT2D eigenvalue weighted by Gasteiger charge is -2.39. The Bertz CT molecular complexity index is 1760. The average Bonchev–Trinajstić information content (AvgIpc) is 3.36. The van der Waals surface area contributed by atoms with Crippen molar-refractivity contribution >= 4 is 22.6 Å². The highest BCUT2D eigenvalue weighted by molar-refractivity contribution is 5.94. The minimum absolute atomic E-state index is 0.130. The number of anilines is 1. The number of hydrogen-bond donors (Lipinski definition) is 0. The lowest BCUT2D eigenvalue weighted by Crippen LogP contribution is -2.56. The highest BCUT2D eigenvalue weighted by atomic mass is 19.1. The quantitative estimate of drug-likeness (QED) is 0.272. The van der Waals surface area contributed by atoms with E-state index in [1.165, 1.54) is 23.3 Å². The van der Waals surface area contributed by atoms with Gasteiger partial charge in [0.1, 0.15) is 30.5 Å². The number of ether oxygens (including phenoxy) is 1. The van der Waals surface area contributed by atoms with Gasteiger partial charge in [0.2, 0.25) is 12.5 Å². The van der Waals surface area contributed by atoms with Gasteiger partial charge in [0.05, 0.1) is 11.1 Å². The van der Waals surface area contributed by atoms with Crippen molar-refractivity contribution < 1.29 is 18.3 Å². The van der Waals surface area contributed by atoms with Crippen molar-refractivity contribution in [2.75, 3.05) is 50.8 Å². The summed E-state index contributed by atoms with van der Waals surface area (Å²) in [5.74, 6) is 1.13. The van der Waals surface area contributed by atoms with E-state index in [1.807, 2.05) is 23.1 Å². The molecule has 0 N–H and O–H groups in total. The molecule has 3 saturated heterocycles. The number of alkyl halides is 1. The molecule has 2 aliphatic carbocycles. The molecular weight excluding hydrogens is 574 g/mol. The van der Waals surface area contributed by atoms with Crippen LogP contribution in [0.15, 0.2) is 43.0 Å². The van der Waals surface area contributed by atoms with Gasteiger partial charge < -0.3 is 19.4 Å². The van der Waals surface area contributed by atoms with E-state index >= 15 is 4.39 Å². The lowest BCUT2D eigenvalue weighted by atomic mass is 9.93. The molecule has 4 fully saturated rings. The van der Waals surface area contributed by atoms with Crippen molar-refractivity contribution in [1.82, 2.24) is 19.8 Å². The summed E-state index contributed by atoms with van der Waals surface area (Å²) in [4.78, 5) is 31.7. The number of hydrogen-bond acceptors (Lipinski definition) is 6. The van der Waals surface area contributed by atoms with Crippen LogP contribution in [0.2, 0.25) is 0 Å². The Kier molecular flexibility index (Phi) is 6.79. The summed E-state index contributed by atoms with van der Waals surface area (Å²) in [6.07, 6.45) is 4.91. The van der Waals surface area contributed by atoms with Crippen LogP contribution in [0, 0.1) is 18.3 Å². The van der Waals surface area contributed by atoms with Crippen molar-refractivity contribution in [1.29, 1.82) is 0 Å². The molecule has 5 aliphatic rings. The third-order valence-corrected chi connectivity index (χ3v) is 10.8. The maximum atomic E-state index is 16.2. The Morgan fingerprint density at radius 2 is 2.09 bits per heavy atom. The molecule has 8 nitrogen and oxygen atoms in total. The first-order valence-electron chi connectivity index (χ1n) is 16.0. The predicted molar refractivity (Wildman–Crippen MR) is 167 cm³/mol. The van der Waals surface area contributed by atoms with E-state index in [0.717, 1.165) is 37.8 Å². The number of carbonyl (C=O) groups excluding carboxylic acids is 1. The fourth-order valence-electron chi connectivity index (χ4n) is 8.56. The molecule has 4 heterocycles. The van der Waals surface area contributed by atoms with Crippen LogP contribution in [0.3, 0.4) is 0 Å². The first-order chi connectivity index (χ1) is 21.9. The smallest absolute Gasteiger partial charge is 0.319 e. The minimum atomic E-state index is -0.875. The van der Waals surface area contributed by atoms with Gasteiger partial charge in [0.15, 0.2) is 0 Å². The van der Waals surface area contributed by atoms with E-state index < -0.39 is 6.17 Å². The van der Waals surface area contributed by atoms with Crippen LogP contribution in [0.25, 0.3) is 26.9 Å².